The van der Waals surface area contributed by atoms with Crippen LogP contribution in [0.1, 0.15) is 12.0 Å². The van der Waals surface area contributed by atoms with E-state index >= 15 is 0 Å². The summed E-state index contributed by atoms with van der Waals surface area (Å²) < 4.78 is 23.3. The van der Waals surface area contributed by atoms with Gasteiger partial charge in [-0.3, -0.25) is 4.79 Å². The van der Waals surface area contributed by atoms with Gasteiger partial charge in [-0.1, -0.05) is 18.2 Å². The number of amides is 1. The molecule has 6 heteroatoms. The van der Waals surface area contributed by atoms with Gasteiger partial charge in [-0.15, -0.1) is 0 Å². The second kappa shape index (κ2) is 6.22. The Morgan fingerprint density at radius 3 is 2.59 bits per heavy atom. The molecule has 2 aromatic rings. The first-order valence-electron chi connectivity index (χ1n) is 7.13. The van der Waals surface area contributed by atoms with E-state index in [-0.39, 0.29) is 17.4 Å². The maximum atomic E-state index is 12.8. The Kier molecular flexibility index (Phi) is 4.31. The zero-order chi connectivity index (χ0) is 15.6. The van der Waals surface area contributed by atoms with Crippen molar-refractivity contribution in [3.8, 4) is 0 Å². The van der Waals surface area contributed by atoms with Crippen LogP contribution in [0.15, 0.2) is 47.2 Å². The van der Waals surface area contributed by atoms with Gasteiger partial charge in [0.2, 0.25) is 5.91 Å². The van der Waals surface area contributed by atoms with Crippen molar-refractivity contribution in [2.75, 3.05) is 16.4 Å². The predicted molar refractivity (Wildman–Crippen MR) is 88.7 cm³/mol. The first-order chi connectivity index (χ1) is 10.6. The van der Waals surface area contributed by atoms with Crippen LogP contribution in [0, 0.1) is 5.92 Å². The van der Waals surface area contributed by atoms with Gasteiger partial charge in [-0.2, -0.15) is 11.3 Å². The van der Waals surface area contributed by atoms with Gasteiger partial charge < -0.3 is 4.90 Å². The number of carbonyl (C=O) groups is 1. The van der Waals surface area contributed by atoms with Crippen molar-refractivity contribution in [1.82, 2.24) is 0 Å². The zero-order valence-corrected chi connectivity index (χ0v) is 13.6. The lowest BCUT2D eigenvalue weighted by molar-refractivity contribution is -0.121. The van der Waals surface area contributed by atoms with Crippen LogP contribution in [0.5, 0.6) is 0 Å². The number of sulfone groups is 1. The van der Waals surface area contributed by atoms with Gasteiger partial charge in [0.05, 0.1) is 24.0 Å². The standard InChI is InChI=1S/C16H17NO3S2/c18-16(14-7-9-22(19,20)12-14)17(10-13-6-8-21-11-13)15-4-2-1-3-5-15/h1-6,8,11,14H,7,9-10,12H2/t14-/m0/s1. The molecule has 1 atom stereocenters. The van der Waals surface area contributed by atoms with Crippen LogP contribution in [0.3, 0.4) is 0 Å². The molecule has 0 aliphatic carbocycles. The van der Waals surface area contributed by atoms with Gasteiger partial charge in [-0.05, 0) is 40.9 Å². The molecule has 22 heavy (non-hydrogen) atoms. The largest absolute Gasteiger partial charge is 0.308 e. The first-order valence-corrected chi connectivity index (χ1v) is 9.89. The average molecular weight is 335 g/mol. The van der Waals surface area contributed by atoms with E-state index in [1.165, 1.54) is 0 Å². The van der Waals surface area contributed by atoms with Gasteiger partial charge in [0.15, 0.2) is 9.84 Å². The minimum absolute atomic E-state index is 0.0290. The first kappa shape index (κ1) is 15.2. The molecular weight excluding hydrogens is 318 g/mol. The van der Waals surface area contributed by atoms with Crippen molar-refractivity contribution >= 4 is 32.8 Å². The summed E-state index contributed by atoms with van der Waals surface area (Å²) in [6, 6.07) is 11.4. The molecule has 2 heterocycles. The molecule has 0 radical (unpaired) electrons. The summed E-state index contributed by atoms with van der Waals surface area (Å²) >= 11 is 1.59. The van der Waals surface area contributed by atoms with Crippen LogP contribution in [-0.2, 0) is 21.2 Å². The summed E-state index contributed by atoms with van der Waals surface area (Å²) in [5, 5.41) is 3.98. The molecule has 1 amide bonds. The molecule has 0 unspecified atom stereocenters. The van der Waals surface area contributed by atoms with Crippen molar-refractivity contribution in [3.05, 3.63) is 52.7 Å². The summed E-state index contributed by atoms with van der Waals surface area (Å²) in [6.45, 7) is 0.475. The van der Waals surface area contributed by atoms with Crippen molar-refractivity contribution in [1.29, 1.82) is 0 Å². The molecule has 1 aromatic heterocycles. The number of thiophene rings is 1. The average Bonchev–Trinajstić information content (AvgIpc) is 3.14. The van der Waals surface area contributed by atoms with E-state index in [2.05, 4.69) is 0 Å². The smallest absolute Gasteiger partial charge is 0.231 e. The van der Waals surface area contributed by atoms with E-state index < -0.39 is 15.8 Å². The van der Waals surface area contributed by atoms with Crippen LogP contribution in [0.2, 0.25) is 0 Å². The van der Waals surface area contributed by atoms with E-state index in [1.807, 2.05) is 47.2 Å². The number of hydrogen-bond donors (Lipinski definition) is 0. The Hall–Kier alpha value is -1.66. The molecule has 4 nitrogen and oxygen atoms in total. The molecule has 1 aliphatic heterocycles. The van der Waals surface area contributed by atoms with Crippen molar-refractivity contribution < 1.29 is 13.2 Å². The van der Waals surface area contributed by atoms with Crippen LogP contribution in [0.25, 0.3) is 0 Å². The van der Waals surface area contributed by atoms with E-state index in [1.54, 1.807) is 16.2 Å². The minimum Gasteiger partial charge on any atom is -0.308 e. The molecular formula is C16H17NO3S2. The topological polar surface area (TPSA) is 54.5 Å². The summed E-state index contributed by atoms with van der Waals surface area (Å²) in [6.07, 6.45) is 0.425. The molecule has 0 N–H and O–H groups in total. The Balaban J connectivity index is 1.86. The number of anilines is 1. The molecule has 116 valence electrons. The fourth-order valence-electron chi connectivity index (χ4n) is 2.68. The third-order valence-corrected chi connectivity index (χ3v) is 6.34. The Morgan fingerprint density at radius 1 is 1.23 bits per heavy atom. The van der Waals surface area contributed by atoms with Crippen LogP contribution in [-0.4, -0.2) is 25.8 Å². The number of rotatable bonds is 4. The fraction of sp³-hybridized carbons (Fsp3) is 0.312. The van der Waals surface area contributed by atoms with Crippen molar-refractivity contribution in [2.24, 2.45) is 5.92 Å². The lowest BCUT2D eigenvalue weighted by atomic mass is 10.1. The Labute approximate surface area is 134 Å². The van der Waals surface area contributed by atoms with Crippen molar-refractivity contribution in [3.63, 3.8) is 0 Å². The highest BCUT2D eigenvalue weighted by Gasteiger charge is 2.35. The summed E-state index contributed by atoms with van der Waals surface area (Å²) in [5.74, 6) is -0.439. The second-order valence-electron chi connectivity index (χ2n) is 5.49. The highest BCUT2D eigenvalue weighted by Crippen LogP contribution is 2.26. The molecule has 0 bridgehead atoms. The monoisotopic (exact) mass is 335 g/mol. The maximum Gasteiger partial charge on any atom is 0.231 e. The number of carbonyl (C=O) groups excluding carboxylic acids is 1. The van der Waals surface area contributed by atoms with Crippen molar-refractivity contribution in [2.45, 2.75) is 13.0 Å². The second-order valence-corrected chi connectivity index (χ2v) is 8.50. The summed E-state index contributed by atoms with van der Waals surface area (Å²) in [4.78, 5) is 14.5. The highest BCUT2D eigenvalue weighted by atomic mass is 32.2. The number of para-hydroxylation sites is 1. The van der Waals surface area contributed by atoms with Crippen LogP contribution >= 0.6 is 11.3 Å². The third kappa shape index (κ3) is 3.39. The third-order valence-electron chi connectivity index (χ3n) is 3.84. The minimum atomic E-state index is -3.06. The number of nitrogens with zero attached hydrogens (tertiary/aromatic N) is 1. The lowest BCUT2D eigenvalue weighted by Crippen LogP contribution is -2.36. The molecule has 0 saturated carbocycles. The lowest BCUT2D eigenvalue weighted by Gasteiger charge is -2.25. The molecule has 3 rings (SSSR count). The van der Waals surface area contributed by atoms with Gasteiger partial charge in [-0.25, -0.2) is 8.42 Å². The maximum absolute atomic E-state index is 12.8. The number of hydrogen-bond acceptors (Lipinski definition) is 4. The van der Waals surface area contributed by atoms with Crippen LogP contribution in [0.4, 0.5) is 5.69 Å². The highest BCUT2D eigenvalue weighted by molar-refractivity contribution is 7.91. The molecule has 1 aromatic carbocycles. The van der Waals surface area contributed by atoms with E-state index in [0.29, 0.717) is 13.0 Å². The Bertz CT molecular complexity index is 739. The SMILES string of the molecule is O=C([C@H]1CCS(=O)(=O)C1)N(Cc1ccsc1)c1ccccc1. The van der Waals surface area contributed by atoms with Gasteiger partial charge in [0.1, 0.15) is 0 Å². The summed E-state index contributed by atoms with van der Waals surface area (Å²) in [7, 11) is -3.06. The molecule has 1 aliphatic rings. The predicted octanol–water partition coefficient (Wildman–Crippen LogP) is 2.72. The molecule has 1 saturated heterocycles. The zero-order valence-electron chi connectivity index (χ0n) is 12.0. The quantitative estimate of drug-likeness (QED) is 0.863. The van der Waals surface area contributed by atoms with Gasteiger partial charge in [0, 0.05) is 5.69 Å². The normalized spacial score (nSPS) is 19.9. The van der Waals surface area contributed by atoms with E-state index in [0.717, 1.165) is 11.3 Å². The molecule has 1 fully saturated rings. The van der Waals surface area contributed by atoms with Crippen LogP contribution < -0.4 is 4.90 Å². The molecule has 0 spiro atoms. The summed E-state index contributed by atoms with van der Waals surface area (Å²) in [5.41, 5.74) is 1.87. The van der Waals surface area contributed by atoms with E-state index in [9.17, 15) is 13.2 Å². The number of benzene rings is 1. The van der Waals surface area contributed by atoms with E-state index in [4.69, 9.17) is 0 Å². The Morgan fingerprint density at radius 2 is 2.00 bits per heavy atom. The fourth-order valence-corrected chi connectivity index (χ4v) is 5.07. The van der Waals surface area contributed by atoms with Gasteiger partial charge in [0.25, 0.3) is 0 Å². The van der Waals surface area contributed by atoms with Gasteiger partial charge >= 0.3 is 0 Å².